The van der Waals surface area contributed by atoms with Crippen molar-refractivity contribution in [2.24, 2.45) is 0 Å². The van der Waals surface area contributed by atoms with E-state index in [1.54, 1.807) is 61.9 Å². The number of rotatable bonds is 7. The lowest BCUT2D eigenvalue weighted by molar-refractivity contribution is -0.127. The Kier molecular flexibility index (Phi) is 8.57. The van der Waals surface area contributed by atoms with Crippen molar-refractivity contribution in [2.75, 3.05) is 18.9 Å². The van der Waals surface area contributed by atoms with Gasteiger partial charge in [-0.15, -0.1) is 0 Å². The molecule has 2 aromatic heterocycles. The fourth-order valence-corrected chi connectivity index (χ4v) is 5.16. The molecule has 2 amide bonds. The normalized spacial score (nSPS) is 11.1. The number of nitrogens with zero attached hydrogens (tertiary/aromatic N) is 2. The minimum atomic E-state index is -0.624. The quantitative estimate of drug-likeness (QED) is 0.282. The first-order valence-electron chi connectivity index (χ1n) is 12.6. The molecule has 2 aromatic carbocycles. The van der Waals surface area contributed by atoms with Crippen molar-refractivity contribution in [3.8, 4) is 11.1 Å². The summed E-state index contributed by atoms with van der Waals surface area (Å²) in [6.45, 7) is 6.61. The minimum Gasteiger partial charge on any atom is -0.422 e. The first-order chi connectivity index (χ1) is 18.9. The number of hydrogen-bond acceptors (Lipinski definition) is 5. The third-order valence-corrected chi connectivity index (χ3v) is 7.66. The molecule has 0 aliphatic rings. The molecule has 0 aliphatic carbocycles. The van der Waals surface area contributed by atoms with Gasteiger partial charge >= 0.3 is 5.63 Å². The van der Waals surface area contributed by atoms with Crippen molar-refractivity contribution in [2.45, 2.75) is 40.7 Å². The summed E-state index contributed by atoms with van der Waals surface area (Å²) in [5.74, 6) is -0.835. The second-order valence-electron chi connectivity index (χ2n) is 9.73. The predicted octanol–water partition coefficient (Wildman–Crippen LogP) is 5.01. The fraction of sp³-hybridized carbons (Fsp3) is 0.267. The van der Waals surface area contributed by atoms with E-state index in [9.17, 15) is 23.6 Å². The van der Waals surface area contributed by atoms with E-state index in [0.29, 0.717) is 33.6 Å². The number of hydrogen-bond donors (Lipinski definition) is 1. The highest BCUT2D eigenvalue weighted by atomic mass is 127. The molecule has 0 bridgehead atoms. The molecular formula is C30H29FIN3O5. The molecule has 0 saturated heterocycles. The zero-order chi connectivity index (χ0) is 29.3. The van der Waals surface area contributed by atoms with E-state index in [1.165, 1.54) is 24.8 Å². The Balaban J connectivity index is 2.07. The average Bonchev–Trinajstić information content (AvgIpc) is 2.87. The van der Waals surface area contributed by atoms with Crippen LogP contribution in [0.1, 0.15) is 36.2 Å². The smallest absolute Gasteiger partial charge is 0.339 e. The van der Waals surface area contributed by atoms with Gasteiger partial charge in [0.25, 0.3) is 5.56 Å². The van der Waals surface area contributed by atoms with E-state index < -0.39 is 17.0 Å². The number of nitrogens with one attached hydrogen (secondary N) is 1. The summed E-state index contributed by atoms with van der Waals surface area (Å²) in [5.41, 5.74) is 2.16. The van der Waals surface area contributed by atoms with Crippen LogP contribution in [-0.2, 0) is 22.6 Å². The van der Waals surface area contributed by atoms with Gasteiger partial charge in [0.2, 0.25) is 11.8 Å². The zero-order valence-electron chi connectivity index (χ0n) is 22.9. The zero-order valence-corrected chi connectivity index (χ0v) is 25.0. The molecule has 0 spiro atoms. The first-order valence-corrected chi connectivity index (χ1v) is 13.7. The lowest BCUT2D eigenvalue weighted by Gasteiger charge is -2.21. The maximum atomic E-state index is 14.9. The number of halogens is 2. The molecule has 8 nitrogen and oxygen atoms in total. The van der Waals surface area contributed by atoms with Gasteiger partial charge in [0.15, 0.2) is 5.58 Å². The monoisotopic (exact) mass is 657 g/mol. The SMILES string of the molecule is CC(=O)Nc1cccc(-c2c(C)n(CCN(C)C(C)=O)c(=O)c3c(Cc4ccc(I)cc4F)c(C)c(=O)oc23)c1. The van der Waals surface area contributed by atoms with E-state index in [2.05, 4.69) is 5.32 Å². The third kappa shape index (κ3) is 5.86. The van der Waals surface area contributed by atoms with Crippen LogP contribution in [0.4, 0.5) is 10.1 Å². The van der Waals surface area contributed by atoms with Crippen molar-refractivity contribution >= 4 is 51.1 Å². The van der Waals surface area contributed by atoms with E-state index in [0.717, 1.165) is 3.57 Å². The second kappa shape index (κ2) is 11.7. The van der Waals surface area contributed by atoms with E-state index in [-0.39, 0.29) is 47.9 Å². The van der Waals surface area contributed by atoms with Crippen LogP contribution in [0.15, 0.2) is 56.5 Å². The van der Waals surface area contributed by atoms with Crippen LogP contribution >= 0.6 is 22.6 Å². The Morgan fingerprint density at radius 3 is 2.48 bits per heavy atom. The Hall–Kier alpha value is -3.80. The molecule has 0 saturated carbocycles. The number of likely N-dealkylation sites (N-methyl/N-ethyl adjacent to an activating group) is 1. The van der Waals surface area contributed by atoms with Gasteiger partial charge in [-0.3, -0.25) is 14.4 Å². The number of anilines is 1. The third-order valence-electron chi connectivity index (χ3n) is 6.99. The highest BCUT2D eigenvalue weighted by molar-refractivity contribution is 14.1. The van der Waals surface area contributed by atoms with Gasteiger partial charge in [-0.05, 0) is 77.4 Å². The number of carbonyl (C=O) groups is 2. The number of benzene rings is 2. The van der Waals surface area contributed by atoms with Crippen molar-refractivity contribution in [1.29, 1.82) is 0 Å². The number of fused-ring (bicyclic) bond motifs is 1. The number of aromatic nitrogens is 1. The second-order valence-corrected chi connectivity index (χ2v) is 11.0. The van der Waals surface area contributed by atoms with Crippen molar-refractivity contribution in [3.63, 3.8) is 0 Å². The van der Waals surface area contributed by atoms with E-state index >= 15 is 0 Å². The molecule has 40 heavy (non-hydrogen) atoms. The maximum absolute atomic E-state index is 14.9. The molecular weight excluding hydrogens is 628 g/mol. The molecule has 4 rings (SSSR count). The molecule has 0 fully saturated rings. The van der Waals surface area contributed by atoms with Crippen LogP contribution in [0.5, 0.6) is 0 Å². The molecule has 0 radical (unpaired) electrons. The predicted molar refractivity (Wildman–Crippen MR) is 161 cm³/mol. The molecule has 0 unspecified atom stereocenters. The van der Waals surface area contributed by atoms with Crippen molar-refractivity contribution in [3.05, 3.63) is 95.0 Å². The molecule has 1 N–H and O–H groups in total. The van der Waals surface area contributed by atoms with Crippen LogP contribution in [0.25, 0.3) is 22.1 Å². The van der Waals surface area contributed by atoms with Gasteiger partial charge in [-0.25, -0.2) is 9.18 Å². The van der Waals surface area contributed by atoms with Gasteiger partial charge in [-0.1, -0.05) is 18.2 Å². The standard InChI is InChI=1S/C30H29FIN3O5/c1-16-24(14-20-9-10-22(32)15-25(20)31)27-28(40-30(16)39)26(21-7-6-8-23(13-21)33-18(3)36)17(2)35(29(27)38)12-11-34(5)19(4)37/h6-10,13,15H,11-12,14H2,1-5H3,(H,33,36). The van der Waals surface area contributed by atoms with Crippen LogP contribution in [0.2, 0.25) is 0 Å². The van der Waals surface area contributed by atoms with Crippen LogP contribution in [0, 0.1) is 23.2 Å². The van der Waals surface area contributed by atoms with Gasteiger partial charge in [0, 0.05) is 66.5 Å². The van der Waals surface area contributed by atoms with Crippen LogP contribution in [-0.4, -0.2) is 34.9 Å². The number of carbonyl (C=O) groups excluding carboxylic acids is 2. The summed E-state index contributed by atoms with van der Waals surface area (Å²) in [4.78, 5) is 52.3. The molecule has 0 atom stereocenters. The summed E-state index contributed by atoms with van der Waals surface area (Å²) in [7, 11) is 1.65. The number of amides is 2. The summed E-state index contributed by atoms with van der Waals surface area (Å²) in [5, 5.41) is 2.92. The van der Waals surface area contributed by atoms with Gasteiger partial charge < -0.3 is 19.2 Å². The first kappa shape index (κ1) is 29.2. The van der Waals surface area contributed by atoms with E-state index in [4.69, 9.17) is 4.42 Å². The Bertz CT molecular complexity index is 1780. The largest absolute Gasteiger partial charge is 0.422 e. The average molecular weight is 657 g/mol. The van der Waals surface area contributed by atoms with Crippen molar-refractivity contribution < 1.29 is 18.4 Å². The lowest BCUT2D eigenvalue weighted by Crippen LogP contribution is -2.33. The summed E-state index contributed by atoms with van der Waals surface area (Å²) < 4.78 is 23.0. The summed E-state index contributed by atoms with van der Waals surface area (Å²) in [6, 6.07) is 11.8. The molecule has 208 valence electrons. The summed E-state index contributed by atoms with van der Waals surface area (Å²) >= 11 is 2.02. The van der Waals surface area contributed by atoms with E-state index in [1.807, 2.05) is 22.6 Å². The van der Waals surface area contributed by atoms with Gasteiger partial charge in [0.1, 0.15) is 5.82 Å². The Morgan fingerprint density at radius 1 is 1.10 bits per heavy atom. The van der Waals surface area contributed by atoms with Crippen molar-refractivity contribution in [1.82, 2.24) is 9.47 Å². The molecule has 4 aromatic rings. The highest BCUT2D eigenvalue weighted by Crippen LogP contribution is 2.34. The summed E-state index contributed by atoms with van der Waals surface area (Å²) in [6.07, 6.45) is 0.00765. The van der Waals surface area contributed by atoms with Crippen LogP contribution < -0.4 is 16.5 Å². The molecule has 2 heterocycles. The highest BCUT2D eigenvalue weighted by Gasteiger charge is 2.24. The number of pyridine rings is 1. The Morgan fingerprint density at radius 2 is 1.82 bits per heavy atom. The van der Waals surface area contributed by atoms with Crippen LogP contribution in [0.3, 0.4) is 0 Å². The Labute approximate surface area is 243 Å². The molecule has 0 aliphatic heterocycles. The minimum absolute atomic E-state index is 0.00765. The fourth-order valence-electron chi connectivity index (χ4n) is 4.71. The van der Waals surface area contributed by atoms with Gasteiger partial charge in [0.05, 0.1) is 5.39 Å². The maximum Gasteiger partial charge on any atom is 0.339 e. The topological polar surface area (TPSA) is 102 Å². The van der Waals surface area contributed by atoms with Gasteiger partial charge in [-0.2, -0.15) is 0 Å². The lowest BCUT2D eigenvalue weighted by atomic mass is 9.94. The molecule has 10 heteroatoms.